The van der Waals surface area contributed by atoms with E-state index in [4.69, 9.17) is 11.6 Å². The van der Waals surface area contributed by atoms with Crippen LogP contribution in [0, 0.1) is 0 Å². The van der Waals surface area contributed by atoms with Gasteiger partial charge in [-0.3, -0.25) is 9.59 Å². The van der Waals surface area contributed by atoms with Gasteiger partial charge >= 0.3 is 0 Å². The van der Waals surface area contributed by atoms with Crippen molar-refractivity contribution in [3.05, 3.63) is 82.4 Å². The first-order valence-electron chi connectivity index (χ1n) is 10.9. The van der Waals surface area contributed by atoms with Crippen molar-refractivity contribution in [1.82, 2.24) is 25.4 Å². The van der Waals surface area contributed by atoms with Crippen LogP contribution in [-0.4, -0.2) is 26.6 Å². The number of hydrogen-bond acceptors (Lipinski definition) is 4. The van der Waals surface area contributed by atoms with Crippen molar-refractivity contribution in [3.63, 3.8) is 0 Å². The average molecular weight is 452 g/mol. The number of carbonyl (C=O) groups excluding carboxylic acids is 2. The van der Waals surface area contributed by atoms with E-state index in [0.29, 0.717) is 17.1 Å². The molecule has 32 heavy (non-hydrogen) atoms. The average Bonchev–Trinajstić information content (AvgIpc) is 3.03. The number of halogens is 1. The molecule has 1 unspecified atom stereocenters. The van der Waals surface area contributed by atoms with Gasteiger partial charge in [-0.05, 0) is 30.5 Å². The van der Waals surface area contributed by atoms with E-state index in [1.165, 1.54) is 6.42 Å². The Morgan fingerprint density at radius 2 is 1.78 bits per heavy atom. The second kappa shape index (κ2) is 10.4. The number of fused-ring (bicyclic) bond motifs is 1. The van der Waals surface area contributed by atoms with Crippen molar-refractivity contribution in [2.75, 3.05) is 0 Å². The van der Waals surface area contributed by atoms with Gasteiger partial charge in [-0.1, -0.05) is 60.5 Å². The van der Waals surface area contributed by atoms with Crippen LogP contribution in [0.4, 0.5) is 0 Å². The Kier molecular flexibility index (Phi) is 7.17. The van der Waals surface area contributed by atoms with E-state index in [0.717, 1.165) is 43.0 Å². The van der Waals surface area contributed by atoms with Crippen LogP contribution in [0.25, 0.3) is 0 Å². The maximum atomic E-state index is 12.8. The minimum atomic E-state index is -0.490. The van der Waals surface area contributed by atoms with Gasteiger partial charge in [0.25, 0.3) is 5.91 Å². The van der Waals surface area contributed by atoms with E-state index < -0.39 is 6.04 Å². The van der Waals surface area contributed by atoms with Crippen LogP contribution in [0.3, 0.4) is 0 Å². The molecular formula is C24H26ClN5O2. The molecule has 2 N–H and O–H groups in total. The zero-order valence-electron chi connectivity index (χ0n) is 17.8. The minimum Gasteiger partial charge on any atom is -0.349 e. The Morgan fingerprint density at radius 3 is 2.59 bits per heavy atom. The summed E-state index contributed by atoms with van der Waals surface area (Å²) in [5, 5.41) is 14.8. The fraction of sp³-hybridized carbons (Fsp3) is 0.333. The Morgan fingerprint density at radius 1 is 1.00 bits per heavy atom. The summed E-state index contributed by atoms with van der Waals surface area (Å²) in [6.07, 6.45) is 4.41. The Hall–Kier alpha value is -3.19. The molecule has 1 aliphatic heterocycles. The molecule has 1 atom stereocenters. The Labute approximate surface area is 192 Å². The van der Waals surface area contributed by atoms with E-state index in [-0.39, 0.29) is 18.2 Å². The summed E-state index contributed by atoms with van der Waals surface area (Å²) in [7, 11) is 0. The lowest BCUT2D eigenvalue weighted by atomic mass is 10.0. The molecule has 0 aliphatic carbocycles. The molecule has 166 valence electrons. The fourth-order valence-electron chi connectivity index (χ4n) is 3.93. The number of hydrogen-bond donors (Lipinski definition) is 2. The highest BCUT2D eigenvalue weighted by Gasteiger charge is 2.21. The third-order valence-electron chi connectivity index (χ3n) is 5.65. The first-order chi connectivity index (χ1) is 15.6. The predicted molar refractivity (Wildman–Crippen MR) is 122 cm³/mol. The van der Waals surface area contributed by atoms with Crippen LogP contribution in [0.5, 0.6) is 0 Å². The minimum absolute atomic E-state index is 0.0984. The van der Waals surface area contributed by atoms with E-state index in [1.54, 1.807) is 24.3 Å². The molecule has 0 saturated heterocycles. The molecule has 4 rings (SSSR count). The molecule has 2 heterocycles. The van der Waals surface area contributed by atoms with Crippen LogP contribution in [-0.2, 0) is 24.3 Å². The first kappa shape index (κ1) is 22.0. The largest absolute Gasteiger partial charge is 0.349 e. The molecular weight excluding hydrogens is 426 g/mol. The molecule has 0 spiro atoms. The third kappa shape index (κ3) is 5.34. The molecule has 3 aromatic rings. The van der Waals surface area contributed by atoms with Crippen molar-refractivity contribution in [2.45, 2.75) is 51.2 Å². The fourth-order valence-corrected chi connectivity index (χ4v) is 4.15. The van der Waals surface area contributed by atoms with E-state index >= 15 is 0 Å². The van der Waals surface area contributed by atoms with Gasteiger partial charge in [-0.15, -0.1) is 10.2 Å². The van der Waals surface area contributed by atoms with Crippen molar-refractivity contribution >= 4 is 23.4 Å². The van der Waals surface area contributed by atoms with Crippen LogP contribution < -0.4 is 10.6 Å². The molecule has 0 saturated carbocycles. The van der Waals surface area contributed by atoms with Crippen LogP contribution in [0.2, 0.25) is 5.02 Å². The number of benzene rings is 2. The summed E-state index contributed by atoms with van der Waals surface area (Å²) < 4.78 is 2.11. The summed E-state index contributed by atoms with van der Waals surface area (Å²) in [5.41, 5.74) is 1.22. The van der Waals surface area contributed by atoms with Gasteiger partial charge < -0.3 is 15.2 Å². The summed E-state index contributed by atoms with van der Waals surface area (Å²) in [5.74, 6) is 1.26. The number of nitrogens with zero attached hydrogens (tertiary/aromatic N) is 3. The summed E-state index contributed by atoms with van der Waals surface area (Å²) in [4.78, 5) is 25.6. The molecule has 1 aromatic heterocycles. The van der Waals surface area contributed by atoms with Crippen molar-refractivity contribution in [3.8, 4) is 0 Å². The second-order valence-corrected chi connectivity index (χ2v) is 8.30. The maximum Gasteiger partial charge on any atom is 0.253 e. The van der Waals surface area contributed by atoms with Crippen LogP contribution in [0.1, 0.15) is 59.3 Å². The predicted octanol–water partition coefficient (Wildman–Crippen LogP) is 3.84. The van der Waals surface area contributed by atoms with Gasteiger partial charge in [0.2, 0.25) is 5.91 Å². The number of rotatable bonds is 7. The molecule has 1 aliphatic rings. The highest BCUT2D eigenvalue weighted by Crippen LogP contribution is 2.20. The normalized spacial score (nSPS) is 14.2. The van der Waals surface area contributed by atoms with E-state index in [1.807, 2.05) is 30.3 Å². The van der Waals surface area contributed by atoms with Gasteiger partial charge in [0.1, 0.15) is 5.82 Å². The monoisotopic (exact) mass is 451 g/mol. The van der Waals surface area contributed by atoms with Crippen molar-refractivity contribution in [2.24, 2.45) is 0 Å². The van der Waals surface area contributed by atoms with Crippen molar-refractivity contribution in [1.29, 1.82) is 0 Å². The highest BCUT2D eigenvalue weighted by molar-refractivity contribution is 6.33. The first-order valence-corrected chi connectivity index (χ1v) is 11.3. The Bertz CT molecular complexity index is 1080. The third-order valence-corrected chi connectivity index (χ3v) is 5.97. The number of carbonyl (C=O) groups is 2. The van der Waals surface area contributed by atoms with E-state index in [2.05, 4.69) is 25.4 Å². The SMILES string of the molecule is O=C(CC(NC(=O)c1ccccc1Cl)c1ccccc1)NCc1nnc2n1CCCCC2. The van der Waals surface area contributed by atoms with Crippen LogP contribution in [0.15, 0.2) is 54.6 Å². The second-order valence-electron chi connectivity index (χ2n) is 7.89. The summed E-state index contributed by atoms with van der Waals surface area (Å²) >= 11 is 6.18. The number of aromatic nitrogens is 3. The molecule has 0 fully saturated rings. The molecule has 0 radical (unpaired) electrons. The molecule has 2 amide bonds. The van der Waals surface area contributed by atoms with Crippen LogP contribution >= 0.6 is 11.6 Å². The molecule has 7 nitrogen and oxygen atoms in total. The lowest BCUT2D eigenvalue weighted by molar-refractivity contribution is -0.121. The van der Waals surface area contributed by atoms with Crippen molar-refractivity contribution < 1.29 is 9.59 Å². The maximum absolute atomic E-state index is 12.8. The quantitative estimate of drug-likeness (QED) is 0.571. The smallest absolute Gasteiger partial charge is 0.253 e. The molecule has 2 aromatic carbocycles. The van der Waals surface area contributed by atoms with Gasteiger partial charge in [0.05, 0.1) is 29.6 Å². The Balaban J connectivity index is 1.43. The number of aryl methyl sites for hydroxylation is 1. The molecule has 0 bridgehead atoms. The standard InChI is InChI=1S/C24H26ClN5O2/c25-19-12-7-6-11-18(19)24(32)27-20(17-9-3-1-4-10-17)15-23(31)26-16-22-29-28-21-13-5-2-8-14-30(21)22/h1,3-4,6-7,9-12,20H,2,5,8,13-16H2,(H,26,31)(H,27,32). The lowest BCUT2D eigenvalue weighted by Gasteiger charge is -2.19. The zero-order valence-corrected chi connectivity index (χ0v) is 18.5. The van der Waals surface area contributed by atoms with Gasteiger partial charge in [0.15, 0.2) is 5.82 Å². The van der Waals surface area contributed by atoms with Gasteiger partial charge in [-0.25, -0.2) is 0 Å². The zero-order chi connectivity index (χ0) is 22.3. The number of nitrogens with one attached hydrogen (secondary N) is 2. The lowest BCUT2D eigenvalue weighted by Crippen LogP contribution is -2.34. The summed E-state index contributed by atoms with van der Waals surface area (Å²) in [6, 6.07) is 15.8. The highest BCUT2D eigenvalue weighted by atomic mass is 35.5. The molecule has 8 heteroatoms. The van der Waals surface area contributed by atoms with E-state index in [9.17, 15) is 9.59 Å². The summed E-state index contributed by atoms with van der Waals surface area (Å²) in [6.45, 7) is 1.19. The van der Waals surface area contributed by atoms with Gasteiger partial charge in [0, 0.05) is 13.0 Å². The van der Waals surface area contributed by atoms with Gasteiger partial charge in [-0.2, -0.15) is 0 Å². The topological polar surface area (TPSA) is 88.9 Å². The number of amides is 2.